The average molecular weight is 401 g/mol. The monoisotopic (exact) mass is 400 g/mol. The van der Waals surface area contributed by atoms with Gasteiger partial charge in [0.1, 0.15) is 0 Å². The van der Waals surface area contributed by atoms with Crippen LogP contribution in [0.2, 0.25) is 0 Å². The van der Waals surface area contributed by atoms with Gasteiger partial charge in [-0.2, -0.15) is 0 Å². The van der Waals surface area contributed by atoms with E-state index < -0.39 is 0 Å². The Morgan fingerprint density at radius 3 is 2.59 bits per heavy atom. The number of likely N-dealkylation sites (tertiary alicyclic amines) is 2. The Morgan fingerprint density at radius 2 is 1.90 bits per heavy atom. The summed E-state index contributed by atoms with van der Waals surface area (Å²) in [6.45, 7) is 6.57. The molecular weight excluding hydrogens is 368 g/mol. The van der Waals surface area contributed by atoms with Gasteiger partial charge in [-0.05, 0) is 43.9 Å². The van der Waals surface area contributed by atoms with E-state index in [0.29, 0.717) is 18.0 Å². The van der Waals surface area contributed by atoms with Crippen LogP contribution in [0.5, 0.6) is 11.5 Å². The number of fused-ring (bicyclic) bond motifs is 1. The topological polar surface area (TPSA) is 59.1 Å². The number of hydrogen-bond donors (Lipinski definition) is 0. The summed E-state index contributed by atoms with van der Waals surface area (Å²) in [5, 5.41) is 0. The second-order valence-electron chi connectivity index (χ2n) is 9.10. The van der Waals surface area contributed by atoms with Crippen molar-refractivity contribution in [2.75, 3.05) is 20.3 Å². The Morgan fingerprint density at radius 1 is 1.17 bits per heavy atom. The fraction of sp³-hybridized carbons (Fsp3) is 0.652. The van der Waals surface area contributed by atoms with Crippen molar-refractivity contribution in [1.29, 1.82) is 0 Å². The number of ether oxygens (including phenoxy) is 2. The van der Waals surface area contributed by atoms with Crippen molar-refractivity contribution < 1.29 is 19.1 Å². The highest BCUT2D eigenvalue weighted by atomic mass is 16.5. The van der Waals surface area contributed by atoms with E-state index >= 15 is 0 Å². The molecule has 1 aromatic rings. The Kier molecular flexibility index (Phi) is 5.21. The first-order valence-electron chi connectivity index (χ1n) is 10.7. The number of nitrogens with zero attached hydrogens (tertiary/aromatic N) is 2. The second kappa shape index (κ2) is 7.54. The smallest absolute Gasteiger partial charge is 0.261 e. The van der Waals surface area contributed by atoms with Crippen molar-refractivity contribution >= 4 is 11.8 Å². The highest BCUT2D eigenvalue weighted by Crippen LogP contribution is 2.53. The second-order valence-corrected chi connectivity index (χ2v) is 9.10. The first-order chi connectivity index (χ1) is 13.8. The molecule has 0 spiro atoms. The number of rotatable bonds is 4. The molecule has 0 radical (unpaired) electrons. The van der Waals surface area contributed by atoms with Crippen LogP contribution in [-0.2, 0) is 9.59 Å². The minimum absolute atomic E-state index is 0.00671. The van der Waals surface area contributed by atoms with Gasteiger partial charge in [0.25, 0.3) is 5.91 Å². The molecule has 1 aromatic carbocycles. The maximum Gasteiger partial charge on any atom is 0.261 e. The van der Waals surface area contributed by atoms with E-state index in [9.17, 15) is 9.59 Å². The normalized spacial score (nSPS) is 30.7. The van der Waals surface area contributed by atoms with Gasteiger partial charge in [0.15, 0.2) is 18.1 Å². The molecule has 2 saturated heterocycles. The summed E-state index contributed by atoms with van der Waals surface area (Å²) in [6, 6.07) is 6.21. The van der Waals surface area contributed by atoms with Crippen LogP contribution in [0.4, 0.5) is 0 Å². The van der Waals surface area contributed by atoms with E-state index in [1.165, 1.54) is 0 Å². The third-order valence-corrected chi connectivity index (χ3v) is 7.28. The lowest BCUT2D eigenvalue weighted by molar-refractivity contribution is -0.139. The highest BCUT2D eigenvalue weighted by molar-refractivity contribution is 5.80. The van der Waals surface area contributed by atoms with E-state index in [4.69, 9.17) is 9.47 Å². The molecule has 2 aliphatic heterocycles. The van der Waals surface area contributed by atoms with E-state index in [0.717, 1.165) is 37.7 Å². The molecule has 0 aromatic heterocycles. The lowest BCUT2D eigenvalue weighted by atomic mass is 9.71. The van der Waals surface area contributed by atoms with E-state index in [2.05, 4.69) is 11.8 Å². The number of aryl methyl sites for hydroxylation is 1. The molecule has 3 fully saturated rings. The van der Waals surface area contributed by atoms with Crippen molar-refractivity contribution in [1.82, 2.24) is 9.80 Å². The Labute approximate surface area is 173 Å². The van der Waals surface area contributed by atoms with Crippen LogP contribution >= 0.6 is 0 Å². The first kappa shape index (κ1) is 20.0. The number of carbonyl (C=O) groups excluding carboxylic acids is 2. The van der Waals surface area contributed by atoms with Crippen LogP contribution in [0.3, 0.4) is 0 Å². The zero-order valence-corrected chi connectivity index (χ0v) is 17.9. The molecule has 0 N–H and O–H groups in total. The largest absolute Gasteiger partial charge is 0.493 e. The molecule has 6 heteroatoms. The van der Waals surface area contributed by atoms with Crippen LogP contribution in [0.25, 0.3) is 0 Å². The molecular formula is C23H32N2O4. The fourth-order valence-electron chi connectivity index (χ4n) is 6.00. The summed E-state index contributed by atoms with van der Waals surface area (Å²) in [4.78, 5) is 29.7. The van der Waals surface area contributed by atoms with E-state index in [1.54, 1.807) is 14.0 Å². The molecule has 3 aliphatic rings. The van der Waals surface area contributed by atoms with Gasteiger partial charge in [0.2, 0.25) is 5.91 Å². The van der Waals surface area contributed by atoms with E-state index in [-0.39, 0.29) is 42.0 Å². The molecule has 2 amide bonds. The summed E-state index contributed by atoms with van der Waals surface area (Å²) >= 11 is 0. The van der Waals surface area contributed by atoms with Crippen LogP contribution in [0, 0.1) is 12.3 Å². The number of piperidine rings is 1. The maximum atomic E-state index is 13.3. The van der Waals surface area contributed by atoms with Gasteiger partial charge in [0, 0.05) is 31.0 Å². The summed E-state index contributed by atoms with van der Waals surface area (Å²) in [6.07, 6.45) is 5.24. The highest BCUT2D eigenvalue weighted by Gasteiger charge is 2.60. The molecule has 0 unspecified atom stereocenters. The SMILES string of the molecule is COc1cc(C)ccc1OCC(=O)N1[C@@H]2CN(C(C)=O)[C@@H]3CCCC[C@H]1[C@]3(C)C2. The molecule has 2 bridgehead atoms. The Balaban J connectivity index is 1.55. The number of amides is 2. The molecule has 2 heterocycles. The maximum absolute atomic E-state index is 13.3. The minimum atomic E-state index is -0.0255. The summed E-state index contributed by atoms with van der Waals surface area (Å²) in [5.74, 6) is 1.37. The fourth-order valence-corrected chi connectivity index (χ4v) is 6.00. The molecule has 29 heavy (non-hydrogen) atoms. The zero-order chi connectivity index (χ0) is 20.8. The number of methoxy groups -OCH3 is 1. The number of hydrogen-bond acceptors (Lipinski definition) is 4. The van der Waals surface area contributed by atoms with Gasteiger partial charge in [-0.1, -0.05) is 25.8 Å². The Bertz CT molecular complexity index is 810. The van der Waals surface area contributed by atoms with Crippen molar-refractivity contribution in [3.8, 4) is 11.5 Å². The van der Waals surface area contributed by atoms with Gasteiger partial charge in [-0.25, -0.2) is 0 Å². The molecule has 1 aliphatic carbocycles. The van der Waals surface area contributed by atoms with Crippen LogP contribution in [0.1, 0.15) is 51.5 Å². The zero-order valence-electron chi connectivity index (χ0n) is 17.9. The van der Waals surface area contributed by atoms with Crippen LogP contribution in [-0.4, -0.2) is 60.0 Å². The molecule has 1 saturated carbocycles. The lowest BCUT2D eigenvalue weighted by Gasteiger charge is -2.46. The van der Waals surface area contributed by atoms with E-state index in [1.807, 2.05) is 30.0 Å². The predicted molar refractivity (Wildman–Crippen MR) is 110 cm³/mol. The first-order valence-corrected chi connectivity index (χ1v) is 10.7. The van der Waals surface area contributed by atoms with Crippen molar-refractivity contribution in [2.24, 2.45) is 5.41 Å². The van der Waals surface area contributed by atoms with Gasteiger partial charge in [0.05, 0.1) is 13.2 Å². The standard InChI is InChI=1S/C23H32N2O4/c1-15-9-10-18(19(11-15)28-4)29-14-22(27)25-17-12-23(3)20(24(13-17)16(2)26)7-5-6-8-21(23)25/h9-11,17,20-21H,5-8,12-14H2,1-4H3/t17-,20+,21-,23+/m0/s1. The van der Waals surface area contributed by atoms with Crippen LogP contribution < -0.4 is 9.47 Å². The number of benzene rings is 1. The van der Waals surface area contributed by atoms with Gasteiger partial charge >= 0.3 is 0 Å². The molecule has 4 rings (SSSR count). The van der Waals surface area contributed by atoms with Gasteiger partial charge in [-0.15, -0.1) is 0 Å². The van der Waals surface area contributed by atoms with Gasteiger partial charge in [-0.3, -0.25) is 9.59 Å². The van der Waals surface area contributed by atoms with Crippen molar-refractivity contribution in [3.05, 3.63) is 23.8 Å². The summed E-state index contributed by atoms with van der Waals surface area (Å²) in [7, 11) is 1.61. The quantitative estimate of drug-likeness (QED) is 0.779. The molecule has 6 nitrogen and oxygen atoms in total. The third kappa shape index (κ3) is 3.36. The van der Waals surface area contributed by atoms with Gasteiger partial charge < -0.3 is 19.3 Å². The summed E-state index contributed by atoms with van der Waals surface area (Å²) in [5.41, 5.74) is 1.05. The Hall–Kier alpha value is -2.24. The van der Waals surface area contributed by atoms with Crippen molar-refractivity contribution in [3.63, 3.8) is 0 Å². The third-order valence-electron chi connectivity index (χ3n) is 7.28. The predicted octanol–water partition coefficient (Wildman–Crippen LogP) is 3.16. The lowest BCUT2D eigenvalue weighted by Crippen LogP contribution is -2.55. The van der Waals surface area contributed by atoms with Crippen LogP contribution in [0.15, 0.2) is 18.2 Å². The number of carbonyl (C=O) groups is 2. The summed E-state index contributed by atoms with van der Waals surface area (Å²) < 4.78 is 11.3. The minimum Gasteiger partial charge on any atom is -0.493 e. The molecule has 4 atom stereocenters. The average Bonchev–Trinajstić information content (AvgIpc) is 2.80. The molecule has 158 valence electrons. The van der Waals surface area contributed by atoms with Crippen molar-refractivity contribution in [2.45, 2.75) is 71.0 Å².